The molecular formula is C31H27NO10. The van der Waals surface area contributed by atoms with Crippen LogP contribution in [0.3, 0.4) is 0 Å². The molecule has 0 unspecified atom stereocenters. The van der Waals surface area contributed by atoms with Crippen molar-refractivity contribution in [1.29, 1.82) is 0 Å². The number of imide groups is 1. The van der Waals surface area contributed by atoms with Crippen LogP contribution in [0.1, 0.15) is 76.8 Å². The van der Waals surface area contributed by atoms with Crippen LogP contribution in [0.15, 0.2) is 66.7 Å². The third-order valence-electron chi connectivity index (χ3n) is 6.19. The summed E-state index contributed by atoms with van der Waals surface area (Å²) in [6.45, 7) is 3.07. The zero-order valence-corrected chi connectivity index (χ0v) is 22.9. The Hall–Kier alpha value is -5.32. The van der Waals surface area contributed by atoms with E-state index >= 15 is 0 Å². The van der Waals surface area contributed by atoms with Crippen LogP contribution in [0.25, 0.3) is 0 Å². The van der Waals surface area contributed by atoms with E-state index in [1.165, 1.54) is 30.3 Å². The minimum Gasteiger partial charge on any atom is -0.462 e. The van der Waals surface area contributed by atoms with Gasteiger partial charge in [-0.25, -0.2) is 14.4 Å². The molecule has 3 aromatic carbocycles. The van der Waals surface area contributed by atoms with E-state index in [4.69, 9.17) is 18.9 Å². The Balaban J connectivity index is 1.32. The number of ether oxygens (including phenoxy) is 4. The van der Waals surface area contributed by atoms with E-state index in [-0.39, 0.29) is 43.1 Å². The summed E-state index contributed by atoms with van der Waals surface area (Å²) in [6, 6.07) is 16.6. The molecule has 0 atom stereocenters. The van der Waals surface area contributed by atoms with Crippen molar-refractivity contribution < 1.29 is 47.7 Å². The Morgan fingerprint density at radius 1 is 0.571 bits per heavy atom. The normalized spacial score (nSPS) is 12.0. The Morgan fingerprint density at radius 2 is 1.02 bits per heavy atom. The number of amides is 2. The molecule has 42 heavy (non-hydrogen) atoms. The highest BCUT2D eigenvalue weighted by atomic mass is 16.5. The molecule has 0 aromatic heterocycles. The van der Waals surface area contributed by atoms with Gasteiger partial charge < -0.3 is 18.9 Å². The van der Waals surface area contributed by atoms with Crippen LogP contribution in [-0.2, 0) is 37.0 Å². The highest BCUT2D eigenvalue weighted by molar-refractivity contribution is 6.22. The monoisotopic (exact) mass is 573 g/mol. The summed E-state index contributed by atoms with van der Waals surface area (Å²) in [5.41, 5.74) is 2.01. The lowest BCUT2D eigenvalue weighted by Crippen LogP contribution is -2.35. The van der Waals surface area contributed by atoms with E-state index in [9.17, 15) is 28.8 Å². The van der Waals surface area contributed by atoms with E-state index < -0.39 is 42.2 Å². The first-order valence-corrected chi connectivity index (χ1v) is 13.1. The Bertz CT molecular complexity index is 1530. The first kappa shape index (κ1) is 29.7. The number of fused-ring (bicyclic) bond motifs is 1. The van der Waals surface area contributed by atoms with Crippen LogP contribution >= 0.6 is 0 Å². The number of nitrogens with zero attached hydrogens (tertiary/aromatic N) is 1. The number of esters is 4. The van der Waals surface area contributed by atoms with E-state index in [2.05, 4.69) is 0 Å². The van der Waals surface area contributed by atoms with Crippen molar-refractivity contribution in [3.63, 3.8) is 0 Å². The molecule has 1 aliphatic heterocycles. The number of carbonyl (C=O) groups excluding carboxylic acids is 6. The van der Waals surface area contributed by atoms with Gasteiger partial charge in [-0.2, -0.15) is 0 Å². The van der Waals surface area contributed by atoms with Crippen molar-refractivity contribution in [3.05, 3.63) is 106 Å². The molecule has 0 bridgehead atoms. The van der Waals surface area contributed by atoms with Gasteiger partial charge in [0.2, 0.25) is 0 Å². The van der Waals surface area contributed by atoms with E-state index in [1.54, 1.807) is 50.2 Å². The summed E-state index contributed by atoms with van der Waals surface area (Å²) >= 11 is 0. The Labute approximate surface area is 240 Å². The first-order valence-electron chi connectivity index (χ1n) is 13.1. The predicted octanol–water partition coefficient (Wildman–Crippen LogP) is 3.74. The van der Waals surface area contributed by atoms with Crippen molar-refractivity contribution in [3.8, 4) is 0 Å². The maximum Gasteiger partial charge on any atom is 0.338 e. The Kier molecular flexibility index (Phi) is 9.43. The van der Waals surface area contributed by atoms with Gasteiger partial charge in [-0.15, -0.1) is 0 Å². The summed E-state index contributed by atoms with van der Waals surface area (Å²) in [5, 5.41) is 0. The van der Waals surface area contributed by atoms with Gasteiger partial charge >= 0.3 is 23.9 Å². The van der Waals surface area contributed by atoms with Gasteiger partial charge in [0.1, 0.15) is 19.8 Å². The molecule has 4 rings (SSSR count). The van der Waals surface area contributed by atoms with E-state index in [1.807, 2.05) is 0 Å². The van der Waals surface area contributed by atoms with Gasteiger partial charge in [0, 0.05) is 0 Å². The largest absolute Gasteiger partial charge is 0.462 e. The van der Waals surface area contributed by atoms with Gasteiger partial charge in [0.15, 0.2) is 0 Å². The second-order valence-corrected chi connectivity index (χ2v) is 9.03. The predicted molar refractivity (Wildman–Crippen MR) is 146 cm³/mol. The molecule has 11 nitrogen and oxygen atoms in total. The van der Waals surface area contributed by atoms with Gasteiger partial charge in [-0.1, -0.05) is 24.3 Å². The third kappa shape index (κ3) is 6.87. The van der Waals surface area contributed by atoms with Gasteiger partial charge in [0.05, 0.1) is 41.0 Å². The van der Waals surface area contributed by atoms with E-state index in [0.717, 1.165) is 4.90 Å². The molecule has 0 saturated heterocycles. The standard InChI is InChI=1S/C31H27NO10/c1-3-39-29(36)21-9-5-19(6-10-21)17-41-26(33)16-32-27(34)24-14-13-23(15-25(24)28(32)35)31(38)42-18-20-7-11-22(12-8-20)30(37)40-4-2/h5-15H,3-4,16-18H2,1-2H3. The number of benzene rings is 3. The molecule has 3 aromatic rings. The summed E-state index contributed by atoms with van der Waals surface area (Å²) in [6.07, 6.45) is 0. The maximum atomic E-state index is 12.9. The van der Waals surface area contributed by atoms with Crippen LogP contribution in [0.2, 0.25) is 0 Å². The zero-order chi connectivity index (χ0) is 30.2. The van der Waals surface area contributed by atoms with Crippen LogP contribution < -0.4 is 0 Å². The molecule has 216 valence electrons. The summed E-state index contributed by atoms with van der Waals surface area (Å²) in [4.78, 5) is 75.0. The van der Waals surface area contributed by atoms with E-state index in [0.29, 0.717) is 22.3 Å². The number of hydrogen-bond acceptors (Lipinski definition) is 10. The smallest absolute Gasteiger partial charge is 0.338 e. The average Bonchev–Trinajstić information content (AvgIpc) is 3.23. The van der Waals surface area contributed by atoms with Crippen LogP contribution in [0.4, 0.5) is 0 Å². The van der Waals surface area contributed by atoms with Crippen molar-refractivity contribution in [2.45, 2.75) is 27.1 Å². The lowest BCUT2D eigenvalue weighted by Gasteiger charge is -2.13. The molecule has 0 spiro atoms. The van der Waals surface area contributed by atoms with Crippen molar-refractivity contribution >= 4 is 35.7 Å². The molecule has 2 amide bonds. The fourth-order valence-electron chi connectivity index (χ4n) is 4.04. The molecule has 1 heterocycles. The number of carbonyl (C=O) groups is 6. The minimum atomic E-state index is -0.812. The number of rotatable bonds is 11. The quantitative estimate of drug-likeness (QED) is 0.189. The lowest BCUT2D eigenvalue weighted by atomic mass is 10.1. The van der Waals surface area contributed by atoms with Crippen LogP contribution in [0.5, 0.6) is 0 Å². The fraction of sp³-hybridized carbons (Fsp3) is 0.226. The SMILES string of the molecule is CCOC(=O)c1ccc(COC(=O)CN2C(=O)c3ccc(C(=O)OCc4ccc(C(=O)OCC)cc4)cc3C2=O)cc1. The zero-order valence-electron chi connectivity index (χ0n) is 22.9. The third-order valence-corrected chi connectivity index (χ3v) is 6.19. The Morgan fingerprint density at radius 3 is 1.55 bits per heavy atom. The molecule has 0 radical (unpaired) electrons. The maximum absolute atomic E-state index is 12.9. The van der Waals surface area contributed by atoms with Crippen molar-refractivity contribution in [2.24, 2.45) is 0 Å². The van der Waals surface area contributed by atoms with Crippen molar-refractivity contribution in [2.75, 3.05) is 19.8 Å². The number of hydrogen-bond donors (Lipinski definition) is 0. The summed E-state index contributed by atoms with van der Waals surface area (Å²) in [7, 11) is 0. The van der Waals surface area contributed by atoms with Crippen molar-refractivity contribution in [1.82, 2.24) is 4.90 Å². The summed E-state index contributed by atoms with van der Waals surface area (Å²) in [5.74, 6) is -3.89. The van der Waals surface area contributed by atoms with Crippen LogP contribution in [0, 0.1) is 0 Å². The average molecular weight is 574 g/mol. The minimum absolute atomic E-state index is 0.0319. The second kappa shape index (κ2) is 13.4. The molecule has 11 heteroatoms. The molecule has 0 saturated carbocycles. The highest BCUT2D eigenvalue weighted by Crippen LogP contribution is 2.25. The lowest BCUT2D eigenvalue weighted by molar-refractivity contribution is -0.145. The second-order valence-electron chi connectivity index (χ2n) is 9.03. The summed E-state index contributed by atoms with van der Waals surface area (Å²) < 4.78 is 20.4. The highest BCUT2D eigenvalue weighted by Gasteiger charge is 2.37. The molecule has 0 N–H and O–H groups in total. The molecule has 1 aliphatic rings. The first-order chi connectivity index (χ1) is 20.2. The van der Waals surface area contributed by atoms with Gasteiger partial charge in [0.25, 0.3) is 11.8 Å². The fourth-order valence-corrected chi connectivity index (χ4v) is 4.04. The topological polar surface area (TPSA) is 143 Å². The van der Waals surface area contributed by atoms with Gasteiger partial charge in [-0.05, 0) is 67.4 Å². The van der Waals surface area contributed by atoms with Gasteiger partial charge in [-0.3, -0.25) is 19.3 Å². The van der Waals surface area contributed by atoms with Crippen LogP contribution in [-0.4, -0.2) is 60.4 Å². The molecular weight excluding hydrogens is 546 g/mol. The molecule has 0 aliphatic carbocycles. The molecule has 0 fully saturated rings.